The molecule has 132 valence electrons. The molecule has 0 aliphatic rings. The van der Waals surface area contributed by atoms with Gasteiger partial charge in [0.1, 0.15) is 5.75 Å². The summed E-state index contributed by atoms with van der Waals surface area (Å²) in [7, 11) is -2.31. The summed E-state index contributed by atoms with van der Waals surface area (Å²) in [5, 5.41) is 1.35. The second kappa shape index (κ2) is 10.8. The predicted molar refractivity (Wildman–Crippen MR) is 104 cm³/mol. The Balaban J connectivity index is 2.68. The summed E-state index contributed by atoms with van der Waals surface area (Å²) in [5.41, 5.74) is 0. The van der Waals surface area contributed by atoms with Crippen LogP contribution in [0.4, 0.5) is 0 Å². The van der Waals surface area contributed by atoms with E-state index in [4.69, 9.17) is 43.7 Å². The van der Waals surface area contributed by atoms with Crippen molar-refractivity contribution in [3.05, 3.63) is 27.2 Å². The third-order valence-corrected chi connectivity index (χ3v) is 8.46. The monoisotopic (exact) mass is 396 g/mol. The van der Waals surface area contributed by atoms with Crippen molar-refractivity contribution in [1.82, 2.24) is 0 Å². The molecule has 1 aromatic carbocycles. The Bertz CT molecular complexity index is 479. The zero-order valence-electron chi connectivity index (χ0n) is 14.3. The Morgan fingerprint density at radius 3 is 2.04 bits per heavy atom. The first-order chi connectivity index (χ1) is 11.0. The molecule has 0 radical (unpaired) electrons. The van der Waals surface area contributed by atoms with E-state index in [2.05, 4.69) is 20.8 Å². The van der Waals surface area contributed by atoms with Crippen LogP contribution in [-0.2, 0) is 4.43 Å². The fourth-order valence-corrected chi connectivity index (χ4v) is 5.36. The van der Waals surface area contributed by atoms with E-state index in [0.717, 1.165) is 25.1 Å². The molecule has 2 nitrogen and oxygen atoms in total. The number of halogens is 3. The van der Waals surface area contributed by atoms with Crippen molar-refractivity contribution in [2.45, 2.75) is 65.0 Å². The summed E-state index contributed by atoms with van der Waals surface area (Å²) < 4.78 is 12.5. The lowest BCUT2D eigenvalue weighted by Crippen LogP contribution is -2.44. The van der Waals surface area contributed by atoms with Crippen molar-refractivity contribution < 1.29 is 8.85 Å². The van der Waals surface area contributed by atoms with Gasteiger partial charge in [-0.05, 0) is 24.6 Å². The summed E-state index contributed by atoms with van der Waals surface area (Å²) in [5.74, 6) is 0.572. The van der Waals surface area contributed by atoms with E-state index in [1.54, 1.807) is 12.1 Å². The van der Waals surface area contributed by atoms with Gasteiger partial charge in [0.2, 0.25) is 0 Å². The minimum absolute atomic E-state index is 0.432. The molecule has 0 aromatic heterocycles. The Morgan fingerprint density at radius 2 is 1.43 bits per heavy atom. The van der Waals surface area contributed by atoms with Crippen molar-refractivity contribution in [2.24, 2.45) is 0 Å². The maximum absolute atomic E-state index is 6.24. The highest BCUT2D eigenvalue weighted by molar-refractivity contribution is 6.68. The van der Waals surface area contributed by atoms with Gasteiger partial charge < -0.3 is 8.85 Å². The average molecular weight is 398 g/mol. The van der Waals surface area contributed by atoms with E-state index >= 15 is 0 Å². The Morgan fingerprint density at radius 1 is 0.826 bits per heavy atom. The molecule has 0 atom stereocenters. The summed E-state index contributed by atoms with van der Waals surface area (Å²) >= 11 is 18.3. The third-order valence-electron chi connectivity index (χ3n) is 3.96. The Kier molecular flexibility index (Phi) is 9.94. The van der Waals surface area contributed by atoms with Crippen LogP contribution in [0, 0.1) is 0 Å². The van der Waals surface area contributed by atoms with Crippen molar-refractivity contribution >= 4 is 43.4 Å². The van der Waals surface area contributed by atoms with E-state index in [9.17, 15) is 0 Å². The number of rotatable bonds is 11. The molecule has 6 heteroatoms. The Labute approximate surface area is 156 Å². The molecule has 0 bridgehead atoms. The highest BCUT2D eigenvalue weighted by atomic mass is 35.5. The maximum Gasteiger partial charge on any atom is 0.398 e. The molecular weight excluding hydrogens is 371 g/mol. The van der Waals surface area contributed by atoms with Crippen LogP contribution in [0.1, 0.15) is 52.9 Å². The van der Waals surface area contributed by atoms with Crippen molar-refractivity contribution in [1.29, 1.82) is 0 Å². The van der Waals surface area contributed by atoms with Crippen molar-refractivity contribution in [2.75, 3.05) is 6.61 Å². The maximum atomic E-state index is 6.24. The van der Waals surface area contributed by atoms with Gasteiger partial charge in [-0.3, -0.25) is 0 Å². The van der Waals surface area contributed by atoms with Gasteiger partial charge in [0.05, 0.1) is 15.1 Å². The van der Waals surface area contributed by atoms with Gasteiger partial charge in [-0.2, -0.15) is 0 Å². The lowest BCUT2D eigenvalue weighted by atomic mass is 10.2. The van der Waals surface area contributed by atoms with Gasteiger partial charge >= 0.3 is 8.56 Å². The fourth-order valence-electron chi connectivity index (χ4n) is 2.37. The van der Waals surface area contributed by atoms with Crippen LogP contribution in [-0.4, -0.2) is 15.2 Å². The topological polar surface area (TPSA) is 18.5 Å². The van der Waals surface area contributed by atoms with Gasteiger partial charge in [-0.15, -0.1) is 0 Å². The van der Waals surface area contributed by atoms with Crippen molar-refractivity contribution in [3.8, 4) is 5.75 Å². The molecule has 0 aliphatic carbocycles. The first-order valence-electron chi connectivity index (χ1n) is 8.45. The molecule has 0 aliphatic heterocycles. The van der Waals surface area contributed by atoms with Crippen LogP contribution in [0.2, 0.25) is 27.2 Å². The molecule has 0 saturated carbocycles. The van der Waals surface area contributed by atoms with E-state index in [-0.39, 0.29) is 0 Å². The van der Waals surface area contributed by atoms with Crippen LogP contribution in [0.5, 0.6) is 5.75 Å². The number of hydrogen-bond donors (Lipinski definition) is 0. The zero-order valence-corrected chi connectivity index (χ0v) is 17.5. The molecule has 0 amide bonds. The highest BCUT2D eigenvalue weighted by Crippen LogP contribution is 2.36. The quantitative estimate of drug-likeness (QED) is 0.219. The molecule has 0 saturated heterocycles. The van der Waals surface area contributed by atoms with Gasteiger partial charge in [0.25, 0.3) is 0 Å². The second-order valence-corrected chi connectivity index (χ2v) is 10.6. The standard InChI is InChI=1S/C17H27Cl3O2Si/c1-4-7-8-9-10-11-21-23(5-2,6-3)22-17-13-15(19)14(18)12-16(17)20/h12-13H,4-11H2,1-3H3. The number of benzene rings is 1. The molecule has 0 fully saturated rings. The first kappa shape index (κ1) is 21.1. The average Bonchev–Trinajstić information content (AvgIpc) is 2.54. The highest BCUT2D eigenvalue weighted by Gasteiger charge is 2.36. The normalized spacial score (nSPS) is 11.7. The SMILES string of the molecule is CCCCCCCO[Si](CC)(CC)Oc1cc(Cl)c(Cl)cc1Cl. The third kappa shape index (κ3) is 6.83. The summed E-state index contributed by atoms with van der Waals surface area (Å²) in [4.78, 5) is 0. The van der Waals surface area contributed by atoms with E-state index in [1.807, 2.05) is 0 Å². The summed E-state index contributed by atoms with van der Waals surface area (Å²) in [6.07, 6.45) is 6.10. The molecule has 0 heterocycles. The van der Waals surface area contributed by atoms with Gasteiger partial charge in [-0.1, -0.05) is 81.3 Å². The van der Waals surface area contributed by atoms with Gasteiger partial charge in [0, 0.05) is 12.7 Å². The summed E-state index contributed by atoms with van der Waals surface area (Å²) in [6.45, 7) is 7.18. The van der Waals surface area contributed by atoms with Crippen LogP contribution in [0.3, 0.4) is 0 Å². The molecule has 0 unspecified atom stereocenters. The number of unbranched alkanes of at least 4 members (excludes halogenated alkanes) is 4. The largest absolute Gasteiger partial charge is 0.519 e. The van der Waals surface area contributed by atoms with Crippen LogP contribution in [0.25, 0.3) is 0 Å². The summed E-state index contributed by atoms with van der Waals surface area (Å²) in [6, 6.07) is 5.05. The first-order valence-corrected chi connectivity index (χ1v) is 11.8. The lowest BCUT2D eigenvalue weighted by Gasteiger charge is -2.30. The Hall–Kier alpha value is 0.0669. The lowest BCUT2D eigenvalue weighted by molar-refractivity contribution is 0.230. The zero-order chi connectivity index (χ0) is 17.3. The van der Waals surface area contributed by atoms with Gasteiger partial charge in [-0.25, -0.2) is 0 Å². The van der Waals surface area contributed by atoms with E-state index in [1.165, 1.54) is 25.7 Å². The molecule has 1 aromatic rings. The smallest absolute Gasteiger partial charge is 0.398 e. The molecule has 0 spiro atoms. The molecule has 23 heavy (non-hydrogen) atoms. The molecule has 0 N–H and O–H groups in total. The number of hydrogen-bond acceptors (Lipinski definition) is 2. The second-order valence-electron chi connectivity index (χ2n) is 5.68. The van der Waals surface area contributed by atoms with E-state index < -0.39 is 8.56 Å². The minimum Gasteiger partial charge on any atom is -0.519 e. The molecular formula is C17H27Cl3O2Si. The van der Waals surface area contributed by atoms with Crippen LogP contribution in [0.15, 0.2) is 12.1 Å². The van der Waals surface area contributed by atoms with Crippen LogP contribution < -0.4 is 4.43 Å². The minimum atomic E-state index is -2.31. The van der Waals surface area contributed by atoms with Crippen LogP contribution >= 0.6 is 34.8 Å². The van der Waals surface area contributed by atoms with Gasteiger partial charge in [0.15, 0.2) is 0 Å². The fraction of sp³-hybridized carbons (Fsp3) is 0.647. The van der Waals surface area contributed by atoms with Crippen molar-refractivity contribution in [3.63, 3.8) is 0 Å². The molecule has 1 rings (SSSR count). The van der Waals surface area contributed by atoms with E-state index in [0.29, 0.717) is 20.8 Å². The predicted octanol–water partition coefficient (Wildman–Crippen LogP) is 7.49.